The summed E-state index contributed by atoms with van der Waals surface area (Å²) in [4.78, 5) is 13.2. The molecule has 0 fully saturated rings. The second-order valence-electron chi connectivity index (χ2n) is 16.6. The Bertz CT molecular complexity index is 3490. The van der Waals surface area contributed by atoms with Crippen LogP contribution in [0.25, 0.3) is 82.9 Å². The summed E-state index contributed by atoms with van der Waals surface area (Å²) in [5.41, 5.74) is 15.7. The quantitative estimate of drug-likeness (QED) is 0.174. The first-order chi connectivity index (χ1) is 30.0. The van der Waals surface area contributed by atoms with Crippen molar-refractivity contribution in [3.05, 3.63) is 217 Å². The van der Waals surface area contributed by atoms with E-state index in [0.717, 1.165) is 50.0 Å². The highest BCUT2D eigenvalue weighted by Crippen LogP contribution is 2.52. The summed E-state index contributed by atoms with van der Waals surface area (Å²) < 4.78 is 2.29. The van der Waals surface area contributed by atoms with Crippen LogP contribution in [0.15, 0.2) is 206 Å². The van der Waals surface area contributed by atoms with Gasteiger partial charge in [-0.25, -0.2) is 9.97 Å². The summed E-state index contributed by atoms with van der Waals surface area (Å²) >= 11 is 0. The van der Waals surface area contributed by atoms with Crippen molar-refractivity contribution < 1.29 is 0 Å². The van der Waals surface area contributed by atoms with E-state index in [0.29, 0.717) is 5.95 Å². The van der Waals surface area contributed by atoms with E-state index in [4.69, 9.17) is 9.97 Å². The van der Waals surface area contributed by atoms with Crippen LogP contribution in [0, 0.1) is 0 Å². The van der Waals surface area contributed by atoms with Gasteiger partial charge in [0.2, 0.25) is 5.95 Å². The standard InChI is InChI=1S/C57H40N4/c1-57(2)47-25-12-14-27-50(47)60(42-19-7-4-8-20-42)52-36-41(32-34-48(52)57)37-28-30-39(31-29-37)44-23-15-24-46-53-43-21-10-9-16-38(43)33-35-51(53)61(55(44)46)56-58-49-26-13-11-22-45(49)54(59-56)40-17-5-3-6-18-40/h3-36H,1-2H3. The van der Waals surface area contributed by atoms with Crippen molar-refractivity contribution in [3.63, 3.8) is 0 Å². The van der Waals surface area contributed by atoms with Crippen molar-refractivity contribution >= 4 is 60.5 Å². The van der Waals surface area contributed by atoms with Crippen molar-refractivity contribution in [2.45, 2.75) is 19.3 Å². The third-order valence-electron chi connectivity index (χ3n) is 12.8. The van der Waals surface area contributed by atoms with E-state index in [1.54, 1.807) is 0 Å². The molecule has 11 aromatic rings. The predicted molar refractivity (Wildman–Crippen MR) is 255 cm³/mol. The van der Waals surface area contributed by atoms with Crippen LogP contribution in [-0.4, -0.2) is 14.5 Å². The summed E-state index contributed by atoms with van der Waals surface area (Å²) in [5, 5.41) is 5.82. The third-order valence-corrected chi connectivity index (χ3v) is 12.8. The van der Waals surface area contributed by atoms with E-state index >= 15 is 0 Å². The minimum Gasteiger partial charge on any atom is -0.310 e. The Morgan fingerprint density at radius 1 is 0.443 bits per heavy atom. The Morgan fingerprint density at radius 3 is 1.93 bits per heavy atom. The number of hydrogen-bond acceptors (Lipinski definition) is 3. The normalized spacial score (nSPS) is 13.2. The number of rotatable bonds is 5. The Labute approximate surface area is 354 Å². The fourth-order valence-corrected chi connectivity index (χ4v) is 9.85. The highest BCUT2D eigenvalue weighted by atomic mass is 15.2. The Balaban J connectivity index is 1.04. The molecular formula is C57H40N4. The average Bonchev–Trinajstić information content (AvgIpc) is 3.67. The van der Waals surface area contributed by atoms with Crippen molar-refractivity contribution in [1.82, 2.24) is 14.5 Å². The van der Waals surface area contributed by atoms with E-state index in [1.165, 1.54) is 55.2 Å². The van der Waals surface area contributed by atoms with Crippen LogP contribution >= 0.6 is 0 Å². The van der Waals surface area contributed by atoms with E-state index < -0.39 is 0 Å². The smallest absolute Gasteiger partial charge is 0.235 e. The highest BCUT2D eigenvalue weighted by Gasteiger charge is 2.37. The molecule has 0 aliphatic carbocycles. The maximum Gasteiger partial charge on any atom is 0.235 e. The van der Waals surface area contributed by atoms with Gasteiger partial charge in [0.1, 0.15) is 0 Å². The van der Waals surface area contributed by atoms with Gasteiger partial charge in [-0.05, 0) is 75.0 Å². The van der Waals surface area contributed by atoms with Gasteiger partial charge in [-0.3, -0.25) is 4.57 Å². The SMILES string of the molecule is CC1(C)c2ccccc2N(c2ccccc2)c2cc(-c3ccc(-c4cccc5c6c7ccccc7ccc6n(-c6nc(-c7ccccc7)c7ccccc7n6)c45)cc3)ccc21. The number of fused-ring (bicyclic) bond motifs is 8. The summed E-state index contributed by atoms with van der Waals surface area (Å²) in [7, 11) is 0. The Morgan fingerprint density at radius 2 is 1.10 bits per heavy atom. The number of aromatic nitrogens is 3. The molecule has 2 aromatic heterocycles. The molecule has 4 heteroatoms. The molecule has 0 saturated carbocycles. The molecule has 0 bridgehead atoms. The molecule has 0 N–H and O–H groups in total. The van der Waals surface area contributed by atoms with Crippen LogP contribution in [0.4, 0.5) is 17.1 Å². The fraction of sp³-hybridized carbons (Fsp3) is 0.0526. The van der Waals surface area contributed by atoms with Gasteiger partial charge in [-0.15, -0.1) is 0 Å². The first-order valence-electron chi connectivity index (χ1n) is 21.0. The molecule has 0 unspecified atom stereocenters. The second-order valence-corrected chi connectivity index (χ2v) is 16.6. The summed E-state index contributed by atoms with van der Waals surface area (Å²) in [6.45, 7) is 4.69. The zero-order chi connectivity index (χ0) is 40.7. The molecule has 0 radical (unpaired) electrons. The van der Waals surface area contributed by atoms with Crippen LogP contribution in [0.3, 0.4) is 0 Å². The van der Waals surface area contributed by atoms with Crippen molar-refractivity contribution in [1.29, 1.82) is 0 Å². The van der Waals surface area contributed by atoms with Crippen molar-refractivity contribution in [2.24, 2.45) is 0 Å². The van der Waals surface area contributed by atoms with E-state index in [-0.39, 0.29) is 5.41 Å². The van der Waals surface area contributed by atoms with Crippen LogP contribution in [0.2, 0.25) is 0 Å². The van der Waals surface area contributed by atoms with Gasteiger partial charge in [0.15, 0.2) is 0 Å². The number of anilines is 3. The predicted octanol–water partition coefficient (Wildman–Crippen LogP) is 15.0. The number of nitrogens with zero attached hydrogens (tertiary/aromatic N) is 4. The van der Waals surface area contributed by atoms with Gasteiger partial charge in [-0.2, -0.15) is 0 Å². The fourth-order valence-electron chi connectivity index (χ4n) is 9.85. The van der Waals surface area contributed by atoms with E-state index in [2.05, 4.69) is 224 Å². The lowest BCUT2D eigenvalue weighted by Gasteiger charge is -2.42. The summed E-state index contributed by atoms with van der Waals surface area (Å²) in [5.74, 6) is 0.651. The van der Waals surface area contributed by atoms with Gasteiger partial charge >= 0.3 is 0 Å². The third kappa shape index (κ3) is 5.46. The Kier molecular flexibility index (Phi) is 7.85. The molecule has 1 aliphatic rings. The van der Waals surface area contributed by atoms with Crippen molar-refractivity contribution in [2.75, 3.05) is 4.90 Å². The second kappa shape index (κ2) is 13.6. The molecule has 61 heavy (non-hydrogen) atoms. The molecule has 9 aromatic carbocycles. The first-order valence-corrected chi connectivity index (χ1v) is 21.0. The van der Waals surface area contributed by atoms with Crippen LogP contribution in [0.5, 0.6) is 0 Å². The topological polar surface area (TPSA) is 34.0 Å². The summed E-state index contributed by atoms with van der Waals surface area (Å²) in [6.07, 6.45) is 0. The molecule has 4 nitrogen and oxygen atoms in total. The average molecular weight is 781 g/mol. The zero-order valence-electron chi connectivity index (χ0n) is 33.9. The lowest BCUT2D eigenvalue weighted by Crippen LogP contribution is -2.30. The van der Waals surface area contributed by atoms with Gasteiger partial charge < -0.3 is 4.90 Å². The Hall–Kier alpha value is -7.82. The minimum atomic E-state index is -0.154. The molecule has 0 spiro atoms. The number of benzene rings is 9. The first kappa shape index (κ1) is 35.2. The lowest BCUT2D eigenvalue weighted by molar-refractivity contribution is 0.632. The van der Waals surface area contributed by atoms with Crippen LogP contribution in [0.1, 0.15) is 25.0 Å². The molecule has 0 atom stereocenters. The van der Waals surface area contributed by atoms with E-state index in [1.807, 2.05) is 6.07 Å². The van der Waals surface area contributed by atoms with Crippen LogP contribution in [-0.2, 0) is 5.41 Å². The maximum absolute atomic E-state index is 5.42. The van der Waals surface area contributed by atoms with Gasteiger partial charge in [0.25, 0.3) is 0 Å². The molecular weight excluding hydrogens is 741 g/mol. The molecule has 3 heterocycles. The highest BCUT2D eigenvalue weighted by molar-refractivity contribution is 6.23. The zero-order valence-corrected chi connectivity index (χ0v) is 33.9. The number of hydrogen-bond donors (Lipinski definition) is 0. The number of para-hydroxylation sites is 4. The molecule has 0 saturated heterocycles. The lowest BCUT2D eigenvalue weighted by atomic mass is 9.73. The van der Waals surface area contributed by atoms with Gasteiger partial charge in [0.05, 0.1) is 33.6 Å². The van der Waals surface area contributed by atoms with Crippen LogP contribution < -0.4 is 4.90 Å². The molecule has 12 rings (SSSR count). The summed E-state index contributed by atoms with van der Waals surface area (Å²) in [6, 6.07) is 74.3. The maximum atomic E-state index is 5.42. The largest absolute Gasteiger partial charge is 0.310 e. The van der Waals surface area contributed by atoms with Gasteiger partial charge in [-0.1, -0.05) is 184 Å². The molecule has 0 amide bonds. The van der Waals surface area contributed by atoms with E-state index in [9.17, 15) is 0 Å². The van der Waals surface area contributed by atoms with Gasteiger partial charge in [0, 0.05) is 38.4 Å². The van der Waals surface area contributed by atoms with Crippen molar-refractivity contribution in [3.8, 4) is 39.5 Å². The molecule has 1 aliphatic heterocycles. The monoisotopic (exact) mass is 780 g/mol. The minimum absolute atomic E-state index is 0.154. The molecule has 288 valence electrons.